The fourth-order valence-electron chi connectivity index (χ4n) is 1.72. The molecule has 1 rings (SSSR count). The van der Waals surface area contributed by atoms with E-state index in [-0.39, 0.29) is 63.5 Å². The Hall–Kier alpha value is 0.00636. The topological polar surface area (TPSA) is 52.2 Å². The van der Waals surface area contributed by atoms with E-state index in [1.165, 1.54) is 0 Å². The Morgan fingerprint density at radius 1 is 1.27 bits per heavy atom. The number of rotatable bonds is 4. The fraction of sp³-hybridized carbons (Fsp3) is 0.500. The molecule has 1 unspecified atom stereocenters. The number of carboxylic acid groups (broad SMARTS) is 1. The van der Waals surface area contributed by atoms with Crippen molar-refractivity contribution in [1.82, 2.24) is 5.32 Å². The first-order chi connectivity index (χ1) is 9.42. The molecule has 1 aromatic carbocycles. The maximum Gasteiger partial charge on any atom is 1.00 e. The van der Waals surface area contributed by atoms with Gasteiger partial charge in [0, 0.05) is 18.0 Å². The van der Waals surface area contributed by atoms with Crippen LogP contribution < -0.4 is 61.8 Å². The van der Waals surface area contributed by atoms with Gasteiger partial charge in [-0.15, -0.1) is 0 Å². The number of hydrogen-bond acceptors (Lipinski definition) is 3. The molecule has 1 atom stereocenters. The molecule has 1 aromatic rings. The first kappa shape index (κ1) is 22.0. The molecule has 3 nitrogen and oxygen atoms in total. The second kappa shape index (κ2) is 8.21. The van der Waals surface area contributed by atoms with Crippen LogP contribution in [0.15, 0.2) is 18.2 Å². The van der Waals surface area contributed by atoms with Gasteiger partial charge in [0.15, 0.2) is 0 Å². The van der Waals surface area contributed by atoms with E-state index < -0.39 is 35.0 Å². The fourth-order valence-corrected chi connectivity index (χ4v) is 1.72. The zero-order valence-corrected chi connectivity index (χ0v) is 16.0. The van der Waals surface area contributed by atoms with Crippen molar-refractivity contribution in [1.29, 1.82) is 0 Å². The number of nitrogens with one attached hydrogen (secondary N) is 1. The second-order valence-electron chi connectivity index (χ2n) is 5.74. The molecular weight excluding hydrogens is 329 g/mol. The monoisotopic (exact) mass is 345 g/mol. The second-order valence-corrected chi connectivity index (χ2v) is 5.74. The quantitative estimate of drug-likeness (QED) is 0.567. The number of benzene rings is 1. The van der Waals surface area contributed by atoms with Gasteiger partial charge in [0.25, 0.3) is 0 Å². The van der Waals surface area contributed by atoms with Gasteiger partial charge in [0.1, 0.15) is 5.82 Å². The minimum atomic E-state index is -4.82. The maximum absolute atomic E-state index is 13.5. The van der Waals surface area contributed by atoms with Crippen molar-refractivity contribution in [2.45, 2.75) is 38.4 Å². The van der Waals surface area contributed by atoms with E-state index in [4.69, 9.17) is 0 Å². The number of hydrogen-bond donors (Lipinski definition) is 1. The average Bonchev–Trinajstić information content (AvgIpc) is 2.25. The Balaban J connectivity index is 0.00000441. The molecule has 0 heterocycles. The summed E-state index contributed by atoms with van der Waals surface area (Å²) in [5.74, 6) is -4.21. The van der Waals surface area contributed by atoms with Crippen molar-refractivity contribution in [3.05, 3.63) is 35.1 Å². The van der Waals surface area contributed by atoms with Crippen LogP contribution in [0.25, 0.3) is 0 Å². The number of aliphatic carboxylic acids is 1. The SMILES string of the molecule is CC(C)(C)NCC(C(=O)[O-])c1ccc(C(F)(F)F)c(F)c1.[K+]. The molecule has 0 aromatic heterocycles. The third-order valence-corrected chi connectivity index (χ3v) is 2.82. The van der Waals surface area contributed by atoms with E-state index in [0.29, 0.717) is 12.1 Å². The summed E-state index contributed by atoms with van der Waals surface area (Å²) in [5.41, 5.74) is -1.89. The first-order valence-electron chi connectivity index (χ1n) is 6.24. The van der Waals surface area contributed by atoms with E-state index in [1.807, 2.05) is 0 Å². The Morgan fingerprint density at radius 3 is 2.18 bits per heavy atom. The van der Waals surface area contributed by atoms with Crippen molar-refractivity contribution in [3.63, 3.8) is 0 Å². The predicted octanol–water partition coefficient (Wildman–Crippen LogP) is -0.930. The molecule has 118 valence electrons. The average molecular weight is 345 g/mol. The van der Waals surface area contributed by atoms with Crippen LogP contribution in [-0.2, 0) is 11.0 Å². The Labute approximate surface area is 168 Å². The molecule has 8 heteroatoms. The molecule has 0 saturated carbocycles. The molecular formula is C14H16F4KNO2. The van der Waals surface area contributed by atoms with E-state index in [1.54, 1.807) is 20.8 Å². The van der Waals surface area contributed by atoms with Gasteiger partial charge in [0.2, 0.25) is 0 Å². The molecule has 0 spiro atoms. The zero-order chi connectivity index (χ0) is 16.4. The molecule has 0 amide bonds. The molecule has 22 heavy (non-hydrogen) atoms. The van der Waals surface area contributed by atoms with Crippen molar-refractivity contribution in [3.8, 4) is 0 Å². The van der Waals surface area contributed by atoms with Gasteiger partial charge >= 0.3 is 57.6 Å². The molecule has 0 aliphatic rings. The minimum absolute atomic E-state index is 0. The largest absolute Gasteiger partial charge is 1.00 e. The maximum atomic E-state index is 13.5. The van der Waals surface area contributed by atoms with Crippen LogP contribution in [0, 0.1) is 5.82 Å². The summed E-state index contributed by atoms with van der Waals surface area (Å²) < 4.78 is 50.9. The third kappa shape index (κ3) is 6.63. The van der Waals surface area contributed by atoms with Gasteiger partial charge in [0.05, 0.1) is 11.5 Å². The molecule has 0 fully saturated rings. The predicted molar refractivity (Wildman–Crippen MR) is 66.9 cm³/mol. The number of halogens is 4. The van der Waals surface area contributed by atoms with E-state index in [0.717, 1.165) is 6.07 Å². The summed E-state index contributed by atoms with van der Waals surface area (Å²) in [5, 5.41) is 14.0. The van der Waals surface area contributed by atoms with Gasteiger partial charge in [-0.05, 0) is 38.5 Å². The van der Waals surface area contributed by atoms with Crippen LogP contribution in [-0.4, -0.2) is 18.1 Å². The van der Waals surface area contributed by atoms with Crippen LogP contribution in [0.4, 0.5) is 17.6 Å². The Morgan fingerprint density at radius 2 is 1.82 bits per heavy atom. The van der Waals surface area contributed by atoms with Crippen LogP contribution >= 0.6 is 0 Å². The zero-order valence-electron chi connectivity index (χ0n) is 12.8. The Bertz CT molecular complexity index is 527. The van der Waals surface area contributed by atoms with Gasteiger partial charge in [-0.1, -0.05) is 6.07 Å². The normalized spacial score (nSPS) is 13.4. The van der Waals surface area contributed by atoms with Crippen LogP contribution in [0.1, 0.15) is 37.8 Å². The van der Waals surface area contributed by atoms with Crippen LogP contribution in [0.3, 0.4) is 0 Å². The number of carbonyl (C=O) groups is 1. The molecule has 0 aliphatic heterocycles. The number of alkyl halides is 3. The summed E-state index contributed by atoms with van der Waals surface area (Å²) in [7, 11) is 0. The van der Waals surface area contributed by atoms with Gasteiger partial charge in [-0.3, -0.25) is 0 Å². The molecule has 1 N–H and O–H groups in total. The summed E-state index contributed by atoms with van der Waals surface area (Å²) in [6.45, 7) is 5.32. The summed E-state index contributed by atoms with van der Waals surface area (Å²) in [6, 6.07) is 2.09. The van der Waals surface area contributed by atoms with Crippen LogP contribution in [0.5, 0.6) is 0 Å². The summed E-state index contributed by atoms with van der Waals surface area (Å²) in [4.78, 5) is 11.1. The van der Waals surface area contributed by atoms with Gasteiger partial charge < -0.3 is 15.2 Å². The van der Waals surface area contributed by atoms with E-state index in [2.05, 4.69) is 5.32 Å². The van der Waals surface area contributed by atoms with Crippen molar-refractivity contribution < 1.29 is 78.8 Å². The van der Waals surface area contributed by atoms with Crippen molar-refractivity contribution in [2.24, 2.45) is 0 Å². The molecule has 0 bridgehead atoms. The molecule has 0 saturated heterocycles. The van der Waals surface area contributed by atoms with E-state index >= 15 is 0 Å². The Kier molecular flexibility index (Phi) is 8.21. The van der Waals surface area contributed by atoms with Gasteiger partial charge in [-0.25, -0.2) is 4.39 Å². The smallest absolute Gasteiger partial charge is 0.549 e. The molecule has 0 aliphatic carbocycles. The standard InChI is InChI=1S/C14H17F4NO2.K/c1-13(2,3)19-7-9(12(20)21)8-4-5-10(11(15)6-8)14(16,17)18;/h4-6,9,19H,7H2,1-3H3,(H,20,21);/q;+1/p-1. The van der Waals surface area contributed by atoms with Gasteiger partial charge in [-0.2, -0.15) is 13.2 Å². The minimum Gasteiger partial charge on any atom is -0.549 e. The van der Waals surface area contributed by atoms with E-state index in [9.17, 15) is 27.5 Å². The van der Waals surface area contributed by atoms with Crippen LogP contribution in [0.2, 0.25) is 0 Å². The third-order valence-electron chi connectivity index (χ3n) is 2.82. The van der Waals surface area contributed by atoms with Crippen molar-refractivity contribution in [2.75, 3.05) is 6.54 Å². The molecule has 0 radical (unpaired) electrons. The van der Waals surface area contributed by atoms with Crippen molar-refractivity contribution >= 4 is 5.97 Å². The first-order valence-corrected chi connectivity index (χ1v) is 6.24. The number of carbonyl (C=O) groups excluding carboxylic acids is 1. The summed E-state index contributed by atoms with van der Waals surface area (Å²) >= 11 is 0. The summed E-state index contributed by atoms with van der Waals surface area (Å²) in [6.07, 6.45) is -4.82. The number of carboxylic acids is 1.